The number of piperazine rings is 1. The zero-order chi connectivity index (χ0) is 11.7. The number of aryl methyl sites for hydroxylation is 1. The van der Waals surface area contributed by atoms with Crippen LogP contribution in [-0.4, -0.2) is 40.9 Å². The number of amides is 2. The number of anilines is 1. The van der Waals surface area contributed by atoms with E-state index in [1.165, 1.54) is 4.90 Å². The summed E-state index contributed by atoms with van der Waals surface area (Å²) in [6.07, 6.45) is 1.68. The number of carbonyl (C=O) groups is 2. The van der Waals surface area contributed by atoms with Crippen LogP contribution in [0.25, 0.3) is 0 Å². The SMILES string of the molecule is Cn1cc(N)cc1C(=O)N1CCNC(=O)C1. The summed E-state index contributed by atoms with van der Waals surface area (Å²) < 4.78 is 1.67. The highest BCUT2D eigenvalue weighted by molar-refractivity contribution is 5.96. The van der Waals surface area contributed by atoms with Gasteiger partial charge in [0.05, 0.1) is 12.2 Å². The maximum atomic E-state index is 12.0. The molecule has 6 nitrogen and oxygen atoms in total. The van der Waals surface area contributed by atoms with Crippen molar-refractivity contribution in [3.8, 4) is 0 Å². The third-order valence-corrected chi connectivity index (χ3v) is 2.57. The largest absolute Gasteiger partial charge is 0.397 e. The quantitative estimate of drug-likeness (QED) is 0.651. The maximum Gasteiger partial charge on any atom is 0.271 e. The summed E-state index contributed by atoms with van der Waals surface area (Å²) in [5.41, 5.74) is 6.66. The van der Waals surface area contributed by atoms with E-state index in [1.54, 1.807) is 23.9 Å². The third kappa shape index (κ3) is 1.86. The molecule has 1 aromatic heterocycles. The summed E-state index contributed by atoms with van der Waals surface area (Å²) in [6.45, 7) is 1.16. The maximum absolute atomic E-state index is 12.0. The molecule has 0 aliphatic carbocycles. The number of nitrogens with zero attached hydrogens (tertiary/aromatic N) is 2. The van der Waals surface area contributed by atoms with Crippen LogP contribution >= 0.6 is 0 Å². The zero-order valence-corrected chi connectivity index (χ0v) is 9.06. The van der Waals surface area contributed by atoms with Crippen LogP contribution in [0.5, 0.6) is 0 Å². The Balaban J connectivity index is 2.18. The summed E-state index contributed by atoms with van der Waals surface area (Å²) in [7, 11) is 1.76. The normalized spacial score (nSPS) is 16.1. The Morgan fingerprint density at radius 3 is 2.88 bits per heavy atom. The highest BCUT2D eigenvalue weighted by Gasteiger charge is 2.23. The minimum atomic E-state index is -0.158. The van der Waals surface area contributed by atoms with Gasteiger partial charge in [-0.15, -0.1) is 0 Å². The Bertz CT molecular complexity index is 438. The first-order valence-electron chi connectivity index (χ1n) is 5.06. The smallest absolute Gasteiger partial charge is 0.271 e. The molecular formula is C10H14N4O2. The Morgan fingerprint density at radius 1 is 1.56 bits per heavy atom. The van der Waals surface area contributed by atoms with Crippen LogP contribution in [0.15, 0.2) is 12.3 Å². The van der Waals surface area contributed by atoms with Gasteiger partial charge in [-0.3, -0.25) is 9.59 Å². The van der Waals surface area contributed by atoms with E-state index in [1.807, 2.05) is 0 Å². The molecule has 0 unspecified atom stereocenters. The fourth-order valence-corrected chi connectivity index (χ4v) is 1.78. The van der Waals surface area contributed by atoms with Crippen LogP contribution in [-0.2, 0) is 11.8 Å². The first-order valence-corrected chi connectivity index (χ1v) is 5.06. The van der Waals surface area contributed by atoms with E-state index in [2.05, 4.69) is 5.32 Å². The van der Waals surface area contributed by atoms with Crippen molar-refractivity contribution in [3.05, 3.63) is 18.0 Å². The lowest BCUT2D eigenvalue weighted by Gasteiger charge is -2.26. The van der Waals surface area contributed by atoms with Gasteiger partial charge in [-0.25, -0.2) is 0 Å². The highest BCUT2D eigenvalue weighted by Crippen LogP contribution is 2.12. The van der Waals surface area contributed by atoms with E-state index < -0.39 is 0 Å². The number of nitrogen functional groups attached to an aromatic ring is 1. The summed E-state index contributed by atoms with van der Waals surface area (Å²) in [5.74, 6) is -0.282. The zero-order valence-electron chi connectivity index (χ0n) is 9.06. The van der Waals surface area contributed by atoms with Crippen molar-refractivity contribution >= 4 is 17.5 Å². The van der Waals surface area contributed by atoms with Crippen molar-refractivity contribution in [1.82, 2.24) is 14.8 Å². The molecule has 86 valence electrons. The van der Waals surface area contributed by atoms with Crippen molar-refractivity contribution in [3.63, 3.8) is 0 Å². The summed E-state index contributed by atoms with van der Waals surface area (Å²) >= 11 is 0. The third-order valence-electron chi connectivity index (χ3n) is 2.57. The molecule has 3 N–H and O–H groups in total. The molecule has 0 bridgehead atoms. The van der Waals surface area contributed by atoms with Crippen molar-refractivity contribution in [2.24, 2.45) is 7.05 Å². The van der Waals surface area contributed by atoms with E-state index in [9.17, 15) is 9.59 Å². The molecule has 2 amide bonds. The lowest BCUT2D eigenvalue weighted by molar-refractivity contribution is -0.123. The van der Waals surface area contributed by atoms with Crippen LogP contribution in [0.2, 0.25) is 0 Å². The van der Waals surface area contributed by atoms with Gasteiger partial charge < -0.3 is 20.5 Å². The number of hydrogen-bond donors (Lipinski definition) is 2. The molecule has 16 heavy (non-hydrogen) atoms. The molecule has 0 radical (unpaired) electrons. The molecule has 1 fully saturated rings. The molecule has 1 aliphatic rings. The standard InChI is InChI=1S/C10H14N4O2/c1-13-5-7(11)4-8(13)10(16)14-3-2-12-9(15)6-14/h4-5H,2-3,6,11H2,1H3,(H,12,15). The number of carbonyl (C=O) groups excluding carboxylic acids is 2. The number of rotatable bonds is 1. The lowest BCUT2D eigenvalue weighted by atomic mass is 10.3. The minimum Gasteiger partial charge on any atom is -0.397 e. The second-order valence-electron chi connectivity index (χ2n) is 3.85. The van der Waals surface area contributed by atoms with Gasteiger partial charge >= 0.3 is 0 Å². The summed E-state index contributed by atoms with van der Waals surface area (Å²) in [4.78, 5) is 24.7. The molecule has 6 heteroatoms. The first-order chi connectivity index (χ1) is 7.58. The molecular weight excluding hydrogens is 208 g/mol. The molecule has 2 heterocycles. The molecule has 1 aliphatic heterocycles. The van der Waals surface area contributed by atoms with Gasteiger partial charge in [0.1, 0.15) is 5.69 Å². The Morgan fingerprint density at radius 2 is 2.31 bits per heavy atom. The van der Waals surface area contributed by atoms with Crippen molar-refractivity contribution in [2.45, 2.75) is 0 Å². The first kappa shape index (κ1) is 10.5. The monoisotopic (exact) mass is 222 g/mol. The Hall–Kier alpha value is -1.98. The average Bonchev–Trinajstić information content (AvgIpc) is 2.57. The van der Waals surface area contributed by atoms with Crippen molar-refractivity contribution in [2.75, 3.05) is 25.4 Å². The van der Waals surface area contributed by atoms with Gasteiger partial charge in [0.2, 0.25) is 5.91 Å². The summed E-state index contributed by atoms with van der Waals surface area (Å²) in [6, 6.07) is 1.62. The van der Waals surface area contributed by atoms with E-state index in [0.717, 1.165) is 0 Å². The van der Waals surface area contributed by atoms with Gasteiger partial charge in [-0.2, -0.15) is 0 Å². The Labute approximate surface area is 93.0 Å². The molecule has 0 spiro atoms. The second-order valence-corrected chi connectivity index (χ2v) is 3.85. The van der Waals surface area contributed by atoms with Crippen LogP contribution in [0.4, 0.5) is 5.69 Å². The van der Waals surface area contributed by atoms with E-state index in [4.69, 9.17) is 5.73 Å². The van der Waals surface area contributed by atoms with Crippen LogP contribution in [0.3, 0.4) is 0 Å². The molecule has 0 saturated carbocycles. The van der Waals surface area contributed by atoms with Gasteiger partial charge in [-0.05, 0) is 6.07 Å². The van der Waals surface area contributed by atoms with Gasteiger partial charge in [-0.1, -0.05) is 0 Å². The Kier molecular flexibility index (Phi) is 2.55. The predicted molar refractivity (Wildman–Crippen MR) is 58.7 cm³/mol. The molecule has 1 aromatic rings. The van der Waals surface area contributed by atoms with Crippen LogP contribution in [0, 0.1) is 0 Å². The number of nitrogens with one attached hydrogen (secondary N) is 1. The lowest BCUT2D eigenvalue weighted by Crippen LogP contribution is -2.50. The molecule has 2 rings (SSSR count). The van der Waals surface area contributed by atoms with Crippen LogP contribution < -0.4 is 11.1 Å². The second kappa shape index (κ2) is 3.88. The van der Waals surface area contributed by atoms with Crippen LogP contribution in [0.1, 0.15) is 10.5 Å². The average molecular weight is 222 g/mol. The van der Waals surface area contributed by atoms with Gasteiger partial charge in [0, 0.05) is 26.3 Å². The molecule has 0 atom stereocenters. The fourth-order valence-electron chi connectivity index (χ4n) is 1.78. The number of aromatic nitrogens is 1. The van der Waals surface area contributed by atoms with E-state index in [0.29, 0.717) is 24.5 Å². The van der Waals surface area contributed by atoms with E-state index >= 15 is 0 Å². The van der Waals surface area contributed by atoms with Crippen molar-refractivity contribution < 1.29 is 9.59 Å². The van der Waals surface area contributed by atoms with Gasteiger partial charge in [0.15, 0.2) is 0 Å². The highest BCUT2D eigenvalue weighted by atomic mass is 16.2. The minimum absolute atomic E-state index is 0.115. The van der Waals surface area contributed by atoms with Gasteiger partial charge in [0.25, 0.3) is 5.91 Å². The van der Waals surface area contributed by atoms with Crippen molar-refractivity contribution in [1.29, 1.82) is 0 Å². The number of nitrogens with two attached hydrogens (primary N) is 1. The van der Waals surface area contributed by atoms with E-state index in [-0.39, 0.29) is 18.4 Å². The molecule has 1 saturated heterocycles. The molecule has 0 aromatic carbocycles. The number of hydrogen-bond acceptors (Lipinski definition) is 3. The predicted octanol–water partition coefficient (Wildman–Crippen LogP) is -0.821. The fraction of sp³-hybridized carbons (Fsp3) is 0.400. The topological polar surface area (TPSA) is 80.4 Å². The summed E-state index contributed by atoms with van der Waals surface area (Å²) in [5, 5.41) is 2.67.